The van der Waals surface area contributed by atoms with Gasteiger partial charge in [-0.1, -0.05) is 11.6 Å². The molecular formula is C18H17ClN2O5S. The van der Waals surface area contributed by atoms with Crippen LogP contribution in [-0.4, -0.2) is 27.5 Å². The summed E-state index contributed by atoms with van der Waals surface area (Å²) in [4.78, 5) is 11.5. The van der Waals surface area contributed by atoms with E-state index in [1.165, 1.54) is 12.1 Å². The highest BCUT2D eigenvalue weighted by atomic mass is 35.5. The summed E-state index contributed by atoms with van der Waals surface area (Å²) in [6.07, 6.45) is 0.930. The molecule has 1 amide bonds. The number of carbonyl (C=O) groups excluding carboxylic acids is 1. The molecule has 0 unspecified atom stereocenters. The van der Waals surface area contributed by atoms with Crippen LogP contribution in [0.15, 0.2) is 35.2 Å². The van der Waals surface area contributed by atoms with Crippen LogP contribution in [0, 0.1) is 0 Å². The maximum absolute atomic E-state index is 12.6. The first-order chi connectivity index (χ1) is 12.9. The zero-order valence-corrected chi connectivity index (χ0v) is 15.8. The van der Waals surface area contributed by atoms with Gasteiger partial charge >= 0.3 is 0 Å². The van der Waals surface area contributed by atoms with Crippen LogP contribution in [0.1, 0.15) is 17.5 Å². The van der Waals surface area contributed by atoms with Gasteiger partial charge in [-0.15, -0.1) is 0 Å². The number of carbonyl (C=O) groups is 1. The van der Waals surface area contributed by atoms with Crippen LogP contribution in [0.25, 0.3) is 0 Å². The summed E-state index contributed by atoms with van der Waals surface area (Å²) in [6.45, 7) is 1.09. The largest absolute Gasteiger partial charge is 0.489 e. The Morgan fingerprint density at radius 3 is 2.81 bits per heavy atom. The summed E-state index contributed by atoms with van der Waals surface area (Å²) < 4.78 is 39.0. The van der Waals surface area contributed by atoms with E-state index in [0.29, 0.717) is 46.5 Å². The Morgan fingerprint density at radius 1 is 1.15 bits per heavy atom. The van der Waals surface area contributed by atoms with Crippen molar-refractivity contribution in [2.24, 2.45) is 0 Å². The van der Waals surface area contributed by atoms with Gasteiger partial charge in [-0.2, -0.15) is 0 Å². The van der Waals surface area contributed by atoms with Crippen molar-refractivity contribution in [3.8, 4) is 11.5 Å². The summed E-state index contributed by atoms with van der Waals surface area (Å²) in [6, 6.07) is 7.95. The maximum Gasteiger partial charge on any atom is 0.240 e. The number of benzene rings is 2. The first kappa shape index (κ1) is 18.1. The van der Waals surface area contributed by atoms with E-state index in [-0.39, 0.29) is 23.8 Å². The van der Waals surface area contributed by atoms with Gasteiger partial charge in [0.05, 0.1) is 29.6 Å². The Hall–Kier alpha value is -2.29. The molecule has 0 saturated heterocycles. The van der Waals surface area contributed by atoms with E-state index in [4.69, 9.17) is 21.1 Å². The van der Waals surface area contributed by atoms with Crippen LogP contribution >= 0.6 is 11.6 Å². The van der Waals surface area contributed by atoms with E-state index in [2.05, 4.69) is 10.0 Å². The highest BCUT2D eigenvalue weighted by molar-refractivity contribution is 7.89. The maximum atomic E-state index is 12.6. The number of fused-ring (bicyclic) bond motifs is 2. The van der Waals surface area contributed by atoms with Crippen molar-refractivity contribution in [2.45, 2.75) is 24.3 Å². The van der Waals surface area contributed by atoms with E-state index in [1.807, 2.05) is 0 Å². The molecule has 7 nitrogen and oxygen atoms in total. The molecule has 2 N–H and O–H groups in total. The Balaban J connectivity index is 1.53. The van der Waals surface area contributed by atoms with Crippen molar-refractivity contribution in [1.82, 2.24) is 4.72 Å². The predicted octanol–water partition coefficient (Wildman–Crippen LogP) is 2.47. The van der Waals surface area contributed by atoms with E-state index in [1.54, 1.807) is 18.2 Å². The van der Waals surface area contributed by atoms with Crippen LogP contribution in [-0.2, 0) is 27.8 Å². The van der Waals surface area contributed by atoms with E-state index in [9.17, 15) is 13.2 Å². The van der Waals surface area contributed by atoms with Gasteiger partial charge in [-0.05, 0) is 41.5 Å². The predicted molar refractivity (Wildman–Crippen MR) is 99.9 cm³/mol. The van der Waals surface area contributed by atoms with Crippen LogP contribution in [0.5, 0.6) is 11.5 Å². The van der Waals surface area contributed by atoms with E-state index >= 15 is 0 Å². The zero-order chi connectivity index (χ0) is 19.0. The summed E-state index contributed by atoms with van der Waals surface area (Å²) >= 11 is 6.24. The smallest absolute Gasteiger partial charge is 0.240 e. The van der Waals surface area contributed by atoms with Gasteiger partial charge in [-0.3, -0.25) is 4.79 Å². The number of ether oxygens (including phenoxy) is 2. The molecular weight excluding hydrogens is 392 g/mol. The number of hydrogen-bond acceptors (Lipinski definition) is 5. The molecule has 2 aromatic carbocycles. The third-order valence-corrected chi connectivity index (χ3v) is 6.02. The molecule has 2 aliphatic heterocycles. The normalized spacial score (nSPS) is 15.8. The standard InChI is InChI=1S/C18H17ClN2O5S/c19-14-6-11(7-16-18(14)26-5-1-4-25-16)10-20-27(23,24)13-2-3-15-12(8-13)9-17(22)21-15/h2-3,6-8,20H,1,4-5,9-10H2,(H,21,22). The average Bonchev–Trinajstić information content (AvgIpc) is 2.84. The number of halogens is 1. The molecule has 0 bridgehead atoms. The first-order valence-corrected chi connectivity index (χ1v) is 10.3. The number of anilines is 1. The number of sulfonamides is 1. The molecule has 142 valence electrons. The Labute approximate surface area is 161 Å². The second-order valence-electron chi connectivity index (χ2n) is 6.32. The Morgan fingerprint density at radius 2 is 1.96 bits per heavy atom. The summed E-state index contributed by atoms with van der Waals surface area (Å²) in [7, 11) is -3.74. The topological polar surface area (TPSA) is 93.7 Å². The van der Waals surface area contributed by atoms with Gasteiger partial charge in [0.25, 0.3) is 0 Å². The SMILES string of the molecule is O=C1Cc2cc(S(=O)(=O)NCc3cc(Cl)c4c(c3)OCCCO4)ccc2N1. The average molecular weight is 409 g/mol. The number of rotatable bonds is 4. The van der Waals surface area contributed by atoms with E-state index in [0.717, 1.165) is 6.42 Å². The van der Waals surface area contributed by atoms with Crippen molar-refractivity contribution in [2.75, 3.05) is 18.5 Å². The number of nitrogens with one attached hydrogen (secondary N) is 2. The van der Waals surface area contributed by atoms with Gasteiger partial charge in [0, 0.05) is 18.7 Å². The van der Waals surface area contributed by atoms with E-state index < -0.39 is 10.0 Å². The lowest BCUT2D eigenvalue weighted by atomic mass is 10.2. The lowest BCUT2D eigenvalue weighted by Gasteiger charge is -2.12. The molecule has 0 atom stereocenters. The van der Waals surface area contributed by atoms with Crippen molar-refractivity contribution >= 4 is 33.2 Å². The Kier molecular flexibility index (Phi) is 4.71. The molecule has 0 radical (unpaired) electrons. The molecule has 2 aromatic rings. The number of amides is 1. The summed E-state index contributed by atoms with van der Waals surface area (Å²) in [5.41, 5.74) is 1.97. The summed E-state index contributed by atoms with van der Waals surface area (Å²) in [5.74, 6) is 0.849. The number of hydrogen-bond donors (Lipinski definition) is 2. The van der Waals surface area contributed by atoms with Crippen molar-refractivity contribution in [3.63, 3.8) is 0 Å². The molecule has 9 heteroatoms. The second kappa shape index (κ2) is 7.03. The molecule has 0 saturated carbocycles. The van der Waals surface area contributed by atoms with Crippen LogP contribution < -0.4 is 19.5 Å². The van der Waals surface area contributed by atoms with Crippen LogP contribution in [0.3, 0.4) is 0 Å². The highest BCUT2D eigenvalue weighted by Gasteiger charge is 2.22. The highest BCUT2D eigenvalue weighted by Crippen LogP contribution is 2.38. The monoisotopic (exact) mass is 408 g/mol. The second-order valence-corrected chi connectivity index (χ2v) is 8.50. The van der Waals surface area contributed by atoms with Crippen molar-refractivity contribution < 1.29 is 22.7 Å². The Bertz CT molecular complexity index is 1020. The molecule has 27 heavy (non-hydrogen) atoms. The third kappa shape index (κ3) is 3.73. The van der Waals surface area contributed by atoms with Gasteiger partial charge in [0.1, 0.15) is 0 Å². The zero-order valence-electron chi connectivity index (χ0n) is 14.2. The molecule has 0 spiro atoms. The van der Waals surface area contributed by atoms with Gasteiger partial charge < -0.3 is 14.8 Å². The van der Waals surface area contributed by atoms with Gasteiger partial charge in [-0.25, -0.2) is 13.1 Å². The molecule has 4 rings (SSSR count). The molecule has 0 aliphatic carbocycles. The minimum absolute atomic E-state index is 0.0486. The van der Waals surface area contributed by atoms with Gasteiger partial charge in [0.15, 0.2) is 11.5 Å². The lowest BCUT2D eigenvalue weighted by molar-refractivity contribution is -0.115. The fourth-order valence-corrected chi connectivity index (χ4v) is 4.38. The minimum Gasteiger partial charge on any atom is -0.489 e. The van der Waals surface area contributed by atoms with Gasteiger partial charge in [0.2, 0.25) is 15.9 Å². The molecule has 0 aromatic heterocycles. The van der Waals surface area contributed by atoms with Crippen molar-refractivity contribution in [3.05, 3.63) is 46.5 Å². The fourth-order valence-electron chi connectivity index (χ4n) is 3.02. The summed E-state index contributed by atoms with van der Waals surface area (Å²) in [5, 5.41) is 3.06. The quantitative estimate of drug-likeness (QED) is 0.810. The fraction of sp³-hybridized carbons (Fsp3) is 0.278. The van der Waals surface area contributed by atoms with Crippen molar-refractivity contribution in [1.29, 1.82) is 0 Å². The molecule has 2 aliphatic rings. The third-order valence-electron chi connectivity index (χ3n) is 4.34. The first-order valence-electron chi connectivity index (χ1n) is 8.43. The molecule has 0 fully saturated rings. The minimum atomic E-state index is -3.74. The molecule has 2 heterocycles. The van der Waals surface area contributed by atoms with Crippen LogP contribution in [0.4, 0.5) is 5.69 Å². The lowest BCUT2D eigenvalue weighted by Crippen LogP contribution is -2.23. The van der Waals surface area contributed by atoms with Crippen LogP contribution in [0.2, 0.25) is 5.02 Å².